The number of anilines is 1. The molecular weight excluding hydrogens is 410 g/mol. The van der Waals surface area contributed by atoms with E-state index in [1.807, 2.05) is 6.07 Å². The zero-order valence-electron chi connectivity index (χ0n) is 14.1. The summed E-state index contributed by atoms with van der Waals surface area (Å²) in [5.41, 5.74) is 0. The maximum Gasteiger partial charge on any atom is 0.215 e. The lowest BCUT2D eigenvalue weighted by molar-refractivity contribution is 0.238. The molecule has 1 atom stereocenters. The smallest absolute Gasteiger partial charge is 0.215 e. The summed E-state index contributed by atoms with van der Waals surface area (Å²) < 4.78 is 20.7. The van der Waals surface area contributed by atoms with Crippen molar-refractivity contribution < 1.29 is 8.82 Å². The zero-order chi connectivity index (χ0) is 16.5. The molecule has 0 aromatic carbocycles. The van der Waals surface area contributed by atoms with Crippen molar-refractivity contribution in [3.8, 4) is 0 Å². The van der Waals surface area contributed by atoms with Crippen molar-refractivity contribution in [3.05, 3.63) is 21.7 Å². The lowest BCUT2D eigenvalue weighted by Gasteiger charge is -2.37. The van der Waals surface area contributed by atoms with E-state index in [0.29, 0.717) is 5.92 Å². The van der Waals surface area contributed by atoms with Crippen LogP contribution in [-0.4, -0.2) is 33.0 Å². The molecule has 22 heavy (non-hydrogen) atoms. The Balaban J connectivity index is 1.93. The molecule has 0 N–H and O–H groups in total. The van der Waals surface area contributed by atoms with Gasteiger partial charge in [0.05, 0.1) is 0 Å². The number of pyridine rings is 1. The second-order valence-electron chi connectivity index (χ2n) is 7.64. The number of hydrogen-bond acceptors (Lipinski definition) is 3. The van der Waals surface area contributed by atoms with Crippen molar-refractivity contribution in [1.29, 1.82) is 0 Å². The maximum absolute atomic E-state index is 13.5. The molecule has 0 aliphatic carbocycles. The molecule has 1 saturated heterocycles. The van der Waals surface area contributed by atoms with E-state index in [0.717, 1.165) is 35.5 Å². The average molecular weight is 436 g/mol. The Morgan fingerprint density at radius 3 is 2.68 bits per heavy atom. The van der Waals surface area contributed by atoms with E-state index < -0.39 is 14.3 Å². The monoisotopic (exact) mass is 436 g/mol. The first-order valence-electron chi connectivity index (χ1n) is 7.80. The molecule has 0 saturated carbocycles. The highest BCUT2D eigenvalue weighted by atomic mass is 127. The van der Waals surface area contributed by atoms with Gasteiger partial charge in [-0.25, -0.2) is 4.98 Å². The SMILES string of the molecule is CC(C)(C)[Si](C)(C)OC[C@H]1CCN(c2cc(I)cc(F)n2)C1. The fourth-order valence-corrected chi connectivity index (χ4v) is 3.96. The van der Waals surface area contributed by atoms with Gasteiger partial charge < -0.3 is 9.33 Å². The Kier molecular flexibility index (Phi) is 5.54. The first kappa shape index (κ1) is 18.1. The first-order chi connectivity index (χ1) is 10.1. The van der Waals surface area contributed by atoms with Gasteiger partial charge in [0.15, 0.2) is 8.32 Å². The summed E-state index contributed by atoms with van der Waals surface area (Å²) in [6.45, 7) is 14.0. The van der Waals surface area contributed by atoms with Crippen LogP contribution in [0.4, 0.5) is 10.2 Å². The molecule has 0 unspecified atom stereocenters. The third kappa shape index (κ3) is 4.41. The van der Waals surface area contributed by atoms with Crippen molar-refractivity contribution in [3.63, 3.8) is 0 Å². The van der Waals surface area contributed by atoms with Gasteiger partial charge in [-0.3, -0.25) is 0 Å². The predicted octanol–water partition coefficient (Wildman–Crippen LogP) is 4.67. The Bertz CT molecular complexity index is 513. The molecular formula is C16H26FIN2OSi. The summed E-state index contributed by atoms with van der Waals surface area (Å²) >= 11 is 2.13. The molecule has 1 aromatic heterocycles. The van der Waals surface area contributed by atoms with Crippen molar-refractivity contribution in [2.45, 2.75) is 45.3 Å². The summed E-state index contributed by atoms with van der Waals surface area (Å²) in [6, 6.07) is 3.40. The minimum atomic E-state index is -1.69. The molecule has 0 spiro atoms. The number of rotatable bonds is 4. The molecule has 3 nitrogen and oxygen atoms in total. The quantitative estimate of drug-likeness (QED) is 0.390. The standard InChI is InChI=1S/C16H26FIN2OSi/c1-16(2,3)22(4,5)21-11-12-6-7-20(10-12)15-9-13(18)8-14(17)19-15/h8-9,12H,6-7,10-11H2,1-5H3/t12-/m0/s1. The van der Waals surface area contributed by atoms with Gasteiger partial charge in [0.1, 0.15) is 5.82 Å². The van der Waals surface area contributed by atoms with Crippen LogP contribution in [0.25, 0.3) is 0 Å². The molecule has 1 aliphatic rings. The molecule has 1 aromatic rings. The summed E-state index contributed by atoms with van der Waals surface area (Å²) in [5.74, 6) is 0.860. The first-order valence-corrected chi connectivity index (χ1v) is 11.8. The van der Waals surface area contributed by atoms with Crippen LogP contribution in [0.1, 0.15) is 27.2 Å². The van der Waals surface area contributed by atoms with Crippen LogP contribution in [0.5, 0.6) is 0 Å². The summed E-state index contributed by atoms with van der Waals surface area (Å²) in [5, 5.41) is 0.242. The van der Waals surface area contributed by atoms with Gasteiger partial charge in [-0.15, -0.1) is 0 Å². The molecule has 1 aliphatic heterocycles. The summed E-state index contributed by atoms with van der Waals surface area (Å²) in [4.78, 5) is 6.19. The fraction of sp³-hybridized carbons (Fsp3) is 0.688. The van der Waals surface area contributed by atoms with Crippen molar-refractivity contribution in [2.75, 3.05) is 24.6 Å². The van der Waals surface area contributed by atoms with Crippen LogP contribution < -0.4 is 4.90 Å². The minimum Gasteiger partial charge on any atom is -0.416 e. The van der Waals surface area contributed by atoms with E-state index >= 15 is 0 Å². The molecule has 0 amide bonds. The Hall–Kier alpha value is -0.213. The van der Waals surface area contributed by atoms with E-state index in [2.05, 4.69) is 66.3 Å². The Morgan fingerprint density at radius 1 is 1.41 bits per heavy atom. The van der Waals surface area contributed by atoms with Gasteiger partial charge in [0, 0.05) is 35.3 Å². The van der Waals surface area contributed by atoms with Crippen LogP contribution in [0.15, 0.2) is 12.1 Å². The summed E-state index contributed by atoms with van der Waals surface area (Å²) in [7, 11) is -1.69. The highest BCUT2D eigenvalue weighted by Gasteiger charge is 2.38. The molecule has 2 heterocycles. The van der Waals surface area contributed by atoms with Gasteiger partial charge in [-0.05, 0) is 53.2 Å². The van der Waals surface area contributed by atoms with Gasteiger partial charge in [0.2, 0.25) is 5.95 Å². The molecule has 1 fully saturated rings. The Labute approximate surface area is 147 Å². The largest absolute Gasteiger partial charge is 0.416 e. The topological polar surface area (TPSA) is 25.4 Å². The second kappa shape index (κ2) is 6.73. The van der Waals surface area contributed by atoms with Crippen molar-refractivity contribution in [2.24, 2.45) is 5.92 Å². The average Bonchev–Trinajstić information content (AvgIpc) is 2.82. The van der Waals surface area contributed by atoms with Crippen LogP contribution in [0, 0.1) is 15.4 Å². The number of hydrogen-bond donors (Lipinski definition) is 0. The number of halogens is 2. The third-order valence-corrected chi connectivity index (χ3v) is 9.96. The van der Waals surface area contributed by atoms with E-state index in [1.165, 1.54) is 6.07 Å². The normalized spacial score (nSPS) is 19.8. The van der Waals surface area contributed by atoms with E-state index in [9.17, 15) is 4.39 Å². The van der Waals surface area contributed by atoms with Crippen LogP contribution in [0.2, 0.25) is 18.1 Å². The molecule has 6 heteroatoms. The molecule has 2 rings (SSSR count). The molecule has 0 radical (unpaired) electrons. The van der Waals surface area contributed by atoms with Crippen molar-refractivity contribution >= 4 is 36.7 Å². The van der Waals surface area contributed by atoms with Crippen LogP contribution in [0.3, 0.4) is 0 Å². The third-order valence-electron chi connectivity index (χ3n) is 4.84. The van der Waals surface area contributed by atoms with E-state index in [1.54, 1.807) is 0 Å². The lowest BCUT2D eigenvalue weighted by atomic mass is 10.1. The zero-order valence-corrected chi connectivity index (χ0v) is 17.3. The predicted molar refractivity (Wildman–Crippen MR) is 100 cm³/mol. The Morgan fingerprint density at radius 2 is 2.09 bits per heavy atom. The van der Waals surface area contributed by atoms with E-state index in [4.69, 9.17) is 4.43 Å². The highest BCUT2D eigenvalue weighted by Crippen LogP contribution is 2.37. The molecule has 124 valence electrons. The van der Waals surface area contributed by atoms with Crippen LogP contribution >= 0.6 is 22.6 Å². The van der Waals surface area contributed by atoms with Gasteiger partial charge in [-0.2, -0.15) is 4.39 Å². The minimum absolute atomic E-state index is 0.242. The maximum atomic E-state index is 13.5. The van der Waals surface area contributed by atoms with Gasteiger partial charge in [-0.1, -0.05) is 20.8 Å². The van der Waals surface area contributed by atoms with Gasteiger partial charge >= 0.3 is 0 Å². The second-order valence-corrected chi connectivity index (χ2v) is 13.7. The van der Waals surface area contributed by atoms with E-state index in [-0.39, 0.29) is 5.04 Å². The summed E-state index contributed by atoms with van der Waals surface area (Å²) in [6.07, 6.45) is 1.09. The fourth-order valence-electron chi connectivity index (χ4n) is 2.33. The molecule has 0 bridgehead atoms. The number of aromatic nitrogens is 1. The highest BCUT2D eigenvalue weighted by molar-refractivity contribution is 14.1. The number of nitrogens with zero attached hydrogens (tertiary/aromatic N) is 2. The van der Waals surface area contributed by atoms with Gasteiger partial charge in [0.25, 0.3) is 0 Å². The lowest BCUT2D eigenvalue weighted by Crippen LogP contribution is -2.42. The van der Waals surface area contributed by atoms with Crippen molar-refractivity contribution in [1.82, 2.24) is 4.98 Å². The van der Waals surface area contributed by atoms with Crippen LogP contribution in [-0.2, 0) is 4.43 Å².